The Bertz CT molecular complexity index is 322. The molecule has 0 saturated heterocycles. The van der Waals surface area contributed by atoms with Gasteiger partial charge in [-0.2, -0.15) is 8.42 Å². The van der Waals surface area contributed by atoms with E-state index in [1.54, 1.807) is 0 Å². The van der Waals surface area contributed by atoms with Gasteiger partial charge in [-0.15, -0.1) is 0 Å². The molecule has 0 aliphatic carbocycles. The van der Waals surface area contributed by atoms with Crippen LogP contribution < -0.4 is 0 Å². The van der Waals surface area contributed by atoms with Gasteiger partial charge in [0.15, 0.2) is 0 Å². The van der Waals surface area contributed by atoms with Crippen LogP contribution in [0.15, 0.2) is 0 Å². The third kappa shape index (κ3) is 8.44. The molecule has 0 bridgehead atoms. The van der Waals surface area contributed by atoms with Crippen molar-refractivity contribution in [3.05, 3.63) is 0 Å². The predicted molar refractivity (Wildman–Crippen MR) is 51.6 cm³/mol. The van der Waals surface area contributed by atoms with Crippen molar-refractivity contribution in [2.75, 3.05) is 0 Å². The van der Waals surface area contributed by atoms with Gasteiger partial charge in [-0.25, -0.2) is 0 Å². The van der Waals surface area contributed by atoms with Crippen LogP contribution in [0.1, 0.15) is 19.3 Å². The third-order valence-electron chi connectivity index (χ3n) is 1.50. The van der Waals surface area contributed by atoms with Crippen LogP contribution in [0.4, 0.5) is 0 Å². The Hall–Kier alpha value is -0.553. The molecular weight excluding hydrogens is 223 g/mol. The maximum absolute atomic E-state index is 10.6. The summed E-state index contributed by atoms with van der Waals surface area (Å²) in [6.45, 7) is 0. The Morgan fingerprint density at radius 3 is 1.87 bits per heavy atom. The molecule has 0 aromatic heterocycles. The molecule has 3 N–H and O–H groups in total. The Balaban J connectivity index is 0. The topological polar surface area (TPSA) is 129 Å². The average Bonchev–Trinajstić information content (AvgIpc) is 1.94. The number of carboxylic acids is 2. The summed E-state index contributed by atoms with van der Waals surface area (Å²) in [5.74, 6) is -2.65. The molecule has 0 aromatic rings. The quantitative estimate of drug-likeness (QED) is 0.394. The van der Waals surface area contributed by atoms with Crippen molar-refractivity contribution >= 4 is 40.9 Å². The van der Waals surface area contributed by atoms with E-state index >= 15 is 0 Å². The van der Waals surface area contributed by atoms with E-state index in [9.17, 15) is 18.0 Å². The molecule has 0 saturated carbocycles. The standard InChI is InChI=1S/C6H10O7S.Li.H/c7-5(8)2-1-4(3-6(9)10)14(11,12)13;;/h4H,1-3H2,(H,7,8)(H,9,10)(H,11,12,13);;. The fourth-order valence-electron chi connectivity index (χ4n) is 0.836. The van der Waals surface area contributed by atoms with Gasteiger partial charge in [-0.3, -0.25) is 14.1 Å². The zero-order valence-electron chi connectivity index (χ0n) is 7.08. The molecular formula is C6H11LiO7S. The molecule has 7 nitrogen and oxygen atoms in total. The minimum atomic E-state index is -4.50. The normalized spacial score (nSPS) is 12.6. The van der Waals surface area contributed by atoms with Crippen molar-refractivity contribution in [1.29, 1.82) is 0 Å². The Kier molecular flexibility index (Phi) is 7.69. The fourth-order valence-corrected chi connectivity index (χ4v) is 1.60. The van der Waals surface area contributed by atoms with Crippen LogP contribution in [0.25, 0.3) is 0 Å². The van der Waals surface area contributed by atoms with E-state index in [4.69, 9.17) is 14.8 Å². The molecule has 0 spiro atoms. The molecule has 9 heteroatoms. The van der Waals surface area contributed by atoms with Crippen LogP contribution in [0.3, 0.4) is 0 Å². The Labute approximate surface area is 98.4 Å². The number of hydrogen-bond acceptors (Lipinski definition) is 4. The van der Waals surface area contributed by atoms with Crippen molar-refractivity contribution in [3.63, 3.8) is 0 Å². The number of carboxylic acid groups (broad SMARTS) is 2. The summed E-state index contributed by atoms with van der Waals surface area (Å²) < 4.78 is 29.7. The first kappa shape index (κ1) is 16.9. The average molecular weight is 234 g/mol. The van der Waals surface area contributed by atoms with Crippen molar-refractivity contribution in [2.45, 2.75) is 24.5 Å². The second kappa shape index (κ2) is 6.84. The van der Waals surface area contributed by atoms with Crippen molar-refractivity contribution < 1.29 is 32.8 Å². The predicted octanol–water partition coefficient (Wildman–Crippen LogP) is -1.07. The van der Waals surface area contributed by atoms with Crippen molar-refractivity contribution in [1.82, 2.24) is 0 Å². The summed E-state index contributed by atoms with van der Waals surface area (Å²) in [6.07, 6.45) is -1.72. The monoisotopic (exact) mass is 234 g/mol. The van der Waals surface area contributed by atoms with Gasteiger partial charge >= 0.3 is 30.8 Å². The number of rotatable bonds is 6. The van der Waals surface area contributed by atoms with Gasteiger partial charge in [0.1, 0.15) is 0 Å². The molecule has 0 heterocycles. The summed E-state index contributed by atoms with van der Waals surface area (Å²) in [5, 5.41) is 15.0. The molecule has 1 atom stereocenters. The van der Waals surface area contributed by atoms with Crippen LogP contribution in [0.5, 0.6) is 0 Å². The summed E-state index contributed by atoms with van der Waals surface area (Å²) in [7, 11) is -4.50. The molecule has 0 rings (SSSR count). The van der Waals surface area contributed by atoms with E-state index in [-0.39, 0.29) is 18.9 Å². The summed E-state index contributed by atoms with van der Waals surface area (Å²) in [4.78, 5) is 20.3. The van der Waals surface area contributed by atoms with Gasteiger partial charge in [0.25, 0.3) is 10.1 Å². The first-order chi connectivity index (χ1) is 6.23. The van der Waals surface area contributed by atoms with Gasteiger partial charge in [-0.1, -0.05) is 0 Å². The number of aliphatic carboxylic acids is 2. The summed E-state index contributed by atoms with van der Waals surface area (Å²) in [5.41, 5.74) is 0. The van der Waals surface area contributed by atoms with E-state index < -0.39 is 46.6 Å². The molecule has 0 fully saturated rings. The molecule has 15 heavy (non-hydrogen) atoms. The van der Waals surface area contributed by atoms with Gasteiger partial charge in [-0.05, 0) is 6.42 Å². The fraction of sp³-hybridized carbons (Fsp3) is 0.667. The molecule has 0 amide bonds. The third-order valence-corrected chi connectivity index (χ3v) is 2.75. The van der Waals surface area contributed by atoms with Crippen LogP contribution in [0, 0.1) is 0 Å². The molecule has 0 aliphatic heterocycles. The Morgan fingerprint density at radius 1 is 1.13 bits per heavy atom. The molecule has 1 unspecified atom stereocenters. The summed E-state index contributed by atoms with van der Waals surface area (Å²) in [6, 6.07) is 0. The second-order valence-corrected chi connectivity index (χ2v) is 4.36. The maximum atomic E-state index is 10.6. The molecule has 0 aromatic carbocycles. The second-order valence-electron chi connectivity index (χ2n) is 2.67. The number of carbonyl (C=O) groups is 2. The van der Waals surface area contributed by atoms with E-state index in [2.05, 4.69) is 0 Å². The molecule has 84 valence electrons. The van der Waals surface area contributed by atoms with Gasteiger partial charge in [0.05, 0.1) is 11.7 Å². The van der Waals surface area contributed by atoms with Gasteiger partial charge in [0, 0.05) is 6.42 Å². The van der Waals surface area contributed by atoms with Crippen molar-refractivity contribution in [3.8, 4) is 0 Å². The zero-order valence-corrected chi connectivity index (χ0v) is 7.90. The van der Waals surface area contributed by atoms with E-state index in [1.807, 2.05) is 0 Å². The van der Waals surface area contributed by atoms with E-state index in [1.165, 1.54) is 0 Å². The van der Waals surface area contributed by atoms with Crippen LogP contribution in [-0.2, 0) is 19.7 Å². The van der Waals surface area contributed by atoms with Gasteiger partial charge in [0.2, 0.25) is 0 Å². The number of hydrogen-bond donors (Lipinski definition) is 3. The first-order valence-electron chi connectivity index (χ1n) is 3.63. The molecule has 0 radical (unpaired) electrons. The minimum absolute atomic E-state index is 0. The van der Waals surface area contributed by atoms with E-state index in [0.29, 0.717) is 0 Å². The van der Waals surface area contributed by atoms with Crippen LogP contribution >= 0.6 is 0 Å². The zero-order chi connectivity index (χ0) is 11.4. The Morgan fingerprint density at radius 2 is 1.60 bits per heavy atom. The first-order valence-corrected chi connectivity index (χ1v) is 5.13. The van der Waals surface area contributed by atoms with Crippen LogP contribution in [0.2, 0.25) is 0 Å². The van der Waals surface area contributed by atoms with Gasteiger partial charge < -0.3 is 10.2 Å². The van der Waals surface area contributed by atoms with Crippen molar-refractivity contribution in [2.24, 2.45) is 0 Å². The SMILES string of the molecule is O=C(O)CCC(CC(=O)O)S(=O)(=O)O.[LiH]. The summed E-state index contributed by atoms with van der Waals surface area (Å²) >= 11 is 0. The molecule has 0 aliphatic rings. The van der Waals surface area contributed by atoms with Crippen LogP contribution in [-0.4, -0.2) is 59.2 Å². The van der Waals surface area contributed by atoms with E-state index in [0.717, 1.165) is 0 Å².